The van der Waals surface area contributed by atoms with Gasteiger partial charge in [0, 0.05) is 22.0 Å². The van der Waals surface area contributed by atoms with E-state index in [1.165, 1.54) is 6.07 Å². The first-order valence-corrected chi connectivity index (χ1v) is 5.98. The van der Waals surface area contributed by atoms with Gasteiger partial charge in [0.1, 0.15) is 0 Å². The van der Waals surface area contributed by atoms with E-state index in [-0.39, 0.29) is 15.4 Å². The summed E-state index contributed by atoms with van der Waals surface area (Å²) in [5.41, 5.74) is 1.84. The molecule has 1 atom stereocenters. The van der Waals surface area contributed by atoms with Gasteiger partial charge in [0.2, 0.25) is 0 Å². The van der Waals surface area contributed by atoms with Gasteiger partial charge in [-0.3, -0.25) is 10.1 Å². The van der Waals surface area contributed by atoms with Gasteiger partial charge in [0.05, 0.1) is 17.4 Å². The Morgan fingerprint density at radius 1 is 1.35 bits per heavy atom. The van der Waals surface area contributed by atoms with Crippen LogP contribution in [0.5, 0.6) is 0 Å². The van der Waals surface area contributed by atoms with Gasteiger partial charge in [-0.1, -0.05) is 34.1 Å². The van der Waals surface area contributed by atoms with Crippen molar-refractivity contribution < 1.29 is 9.34 Å². The first-order chi connectivity index (χ1) is 8.18. The predicted octanol–water partition coefficient (Wildman–Crippen LogP) is 3.87. The summed E-state index contributed by atoms with van der Waals surface area (Å²) in [5, 5.41) is 10.9. The molecule has 0 saturated heterocycles. The van der Waals surface area contributed by atoms with Gasteiger partial charge in [-0.2, -0.15) is 0 Å². The zero-order valence-corrected chi connectivity index (χ0v) is 10.5. The number of alkyl halides is 1. The molecule has 0 bridgehead atoms. The van der Waals surface area contributed by atoms with Crippen LogP contribution in [0.3, 0.4) is 0 Å². The zero-order chi connectivity index (χ0) is 12.3. The summed E-state index contributed by atoms with van der Waals surface area (Å²) in [7, 11) is 0. The molecule has 2 aromatic rings. The summed E-state index contributed by atoms with van der Waals surface area (Å²) in [6, 6.07) is 8.60. The molecule has 1 aromatic carbocycles. The lowest BCUT2D eigenvalue weighted by molar-refractivity contribution is -0.385. The average molecular weight is 296 g/mol. The van der Waals surface area contributed by atoms with E-state index in [0.717, 1.165) is 5.56 Å². The third-order valence-electron chi connectivity index (χ3n) is 2.49. The smallest absolute Gasteiger partial charge is 0.272 e. The Balaban J connectivity index is 2.21. The van der Waals surface area contributed by atoms with Gasteiger partial charge >= 0.3 is 0 Å². The maximum absolute atomic E-state index is 10.9. The molecule has 0 amide bonds. The summed E-state index contributed by atoms with van der Waals surface area (Å²) in [4.78, 5) is 10.5. The third-order valence-corrected chi connectivity index (χ3v) is 3.34. The zero-order valence-electron chi connectivity index (χ0n) is 8.88. The van der Waals surface area contributed by atoms with Crippen LogP contribution in [-0.2, 0) is 6.42 Å². The highest BCUT2D eigenvalue weighted by Gasteiger charge is 2.17. The number of hydrogen-bond acceptors (Lipinski definition) is 3. The van der Waals surface area contributed by atoms with Crippen LogP contribution in [0, 0.1) is 10.1 Å². The third kappa shape index (κ3) is 2.74. The van der Waals surface area contributed by atoms with Crippen LogP contribution >= 0.6 is 15.9 Å². The number of nitrogens with zero attached hydrogens (tertiary/aromatic N) is 1. The summed E-state index contributed by atoms with van der Waals surface area (Å²) in [5.74, 6) is 0. The Morgan fingerprint density at radius 3 is 2.76 bits per heavy atom. The van der Waals surface area contributed by atoms with E-state index in [2.05, 4.69) is 15.9 Å². The molecule has 2 rings (SSSR count). The SMILES string of the molecule is O=[N+]([O-])c1ccccc1CC(Br)c1ccoc1. The van der Waals surface area contributed by atoms with Crippen molar-refractivity contribution in [1.82, 2.24) is 0 Å². The van der Waals surface area contributed by atoms with Crippen LogP contribution < -0.4 is 0 Å². The fourth-order valence-corrected chi connectivity index (χ4v) is 2.24. The summed E-state index contributed by atoms with van der Waals surface area (Å²) in [6.45, 7) is 0. The van der Waals surface area contributed by atoms with Gasteiger partial charge < -0.3 is 4.42 Å². The van der Waals surface area contributed by atoms with Crippen molar-refractivity contribution in [2.45, 2.75) is 11.2 Å². The van der Waals surface area contributed by atoms with Crippen molar-refractivity contribution >= 4 is 21.6 Å². The minimum Gasteiger partial charge on any atom is -0.472 e. The number of furan rings is 1. The molecule has 5 heteroatoms. The first kappa shape index (κ1) is 11.9. The van der Waals surface area contributed by atoms with E-state index in [1.54, 1.807) is 30.7 Å². The van der Waals surface area contributed by atoms with Crippen molar-refractivity contribution in [3.05, 3.63) is 64.1 Å². The standard InChI is InChI=1S/C12H10BrNO3/c13-11(10-5-6-17-8-10)7-9-3-1-2-4-12(9)14(15)16/h1-6,8,11H,7H2. The van der Waals surface area contributed by atoms with Gasteiger partial charge in [0.15, 0.2) is 0 Å². The highest BCUT2D eigenvalue weighted by molar-refractivity contribution is 9.09. The maximum Gasteiger partial charge on any atom is 0.272 e. The van der Waals surface area contributed by atoms with Gasteiger partial charge in [0.25, 0.3) is 5.69 Å². The number of nitro benzene ring substituents is 1. The molecule has 1 heterocycles. The van der Waals surface area contributed by atoms with E-state index in [9.17, 15) is 10.1 Å². The monoisotopic (exact) mass is 295 g/mol. The van der Waals surface area contributed by atoms with Crippen molar-refractivity contribution in [3.8, 4) is 0 Å². The van der Waals surface area contributed by atoms with Gasteiger partial charge in [-0.05, 0) is 12.5 Å². The molecule has 0 aliphatic rings. The summed E-state index contributed by atoms with van der Waals surface area (Å²) < 4.78 is 4.99. The number of hydrogen-bond donors (Lipinski definition) is 0. The van der Waals surface area contributed by atoms with Crippen LogP contribution in [-0.4, -0.2) is 4.92 Å². The lowest BCUT2D eigenvalue weighted by atomic mass is 10.0. The van der Waals surface area contributed by atoms with E-state index in [0.29, 0.717) is 12.0 Å². The number of halogens is 1. The second-order valence-corrected chi connectivity index (χ2v) is 4.72. The van der Waals surface area contributed by atoms with Crippen LogP contribution in [0.1, 0.15) is 16.0 Å². The van der Waals surface area contributed by atoms with Crippen molar-refractivity contribution in [2.24, 2.45) is 0 Å². The molecule has 1 unspecified atom stereocenters. The molecule has 0 spiro atoms. The van der Waals surface area contributed by atoms with E-state index in [1.807, 2.05) is 6.07 Å². The maximum atomic E-state index is 10.9. The van der Waals surface area contributed by atoms with Crippen LogP contribution in [0.15, 0.2) is 47.3 Å². The molecule has 0 aliphatic heterocycles. The second kappa shape index (κ2) is 5.14. The summed E-state index contributed by atoms with van der Waals surface area (Å²) in [6.07, 6.45) is 3.77. The van der Waals surface area contributed by atoms with Crippen molar-refractivity contribution in [3.63, 3.8) is 0 Å². The largest absolute Gasteiger partial charge is 0.472 e. The molecule has 0 saturated carbocycles. The summed E-state index contributed by atoms with van der Waals surface area (Å²) >= 11 is 3.50. The van der Waals surface area contributed by atoms with Gasteiger partial charge in [-0.15, -0.1) is 0 Å². The van der Waals surface area contributed by atoms with Crippen molar-refractivity contribution in [2.75, 3.05) is 0 Å². The number of rotatable bonds is 4. The minimum atomic E-state index is -0.357. The Morgan fingerprint density at radius 2 is 2.12 bits per heavy atom. The molecule has 0 fully saturated rings. The predicted molar refractivity (Wildman–Crippen MR) is 67.2 cm³/mol. The quantitative estimate of drug-likeness (QED) is 0.489. The first-order valence-electron chi connectivity index (χ1n) is 5.07. The Labute approximate surface area is 107 Å². The highest BCUT2D eigenvalue weighted by Crippen LogP contribution is 2.30. The lowest BCUT2D eigenvalue weighted by Crippen LogP contribution is -1.99. The molecular weight excluding hydrogens is 286 g/mol. The normalized spacial score (nSPS) is 12.3. The number of para-hydroxylation sites is 1. The number of nitro groups is 1. The molecular formula is C12H10BrNO3. The molecule has 1 aromatic heterocycles. The Bertz CT molecular complexity index is 510. The van der Waals surface area contributed by atoms with Crippen LogP contribution in [0.2, 0.25) is 0 Å². The molecule has 17 heavy (non-hydrogen) atoms. The minimum absolute atomic E-state index is 0.0161. The topological polar surface area (TPSA) is 56.3 Å². The molecule has 88 valence electrons. The van der Waals surface area contributed by atoms with E-state index < -0.39 is 0 Å². The fraction of sp³-hybridized carbons (Fsp3) is 0.167. The Kier molecular flexibility index (Phi) is 3.58. The molecule has 0 radical (unpaired) electrons. The van der Waals surface area contributed by atoms with Crippen LogP contribution in [0.4, 0.5) is 5.69 Å². The fourth-order valence-electron chi connectivity index (χ4n) is 1.63. The van der Waals surface area contributed by atoms with Gasteiger partial charge in [-0.25, -0.2) is 0 Å². The molecule has 0 aliphatic carbocycles. The second-order valence-electron chi connectivity index (χ2n) is 3.61. The Hall–Kier alpha value is -1.62. The van der Waals surface area contributed by atoms with E-state index in [4.69, 9.17) is 4.42 Å². The number of benzene rings is 1. The lowest BCUT2D eigenvalue weighted by Gasteiger charge is -2.07. The van der Waals surface area contributed by atoms with E-state index >= 15 is 0 Å². The molecule has 0 N–H and O–H groups in total. The average Bonchev–Trinajstić information content (AvgIpc) is 2.83. The molecule has 4 nitrogen and oxygen atoms in total. The van der Waals surface area contributed by atoms with Crippen LogP contribution in [0.25, 0.3) is 0 Å². The highest BCUT2D eigenvalue weighted by atomic mass is 79.9. The van der Waals surface area contributed by atoms with Crippen molar-refractivity contribution in [1.29, 1.82) is 0 Å².